The second-order valence-corrected chi connectivity index (χ2v) is 2.67. The van der Waals surface area contributed by atoms with Crippen LogP contribution in [0.2, 0.25) is 0 Å². The van der Waals surface area contributed by atoms with E-state index in [0.717, 1.165) is 0 Å². The zero-order valence-corrected chi connectivity index (χ0v) is 8.30. The molecular formula is C10H12O5. The van der Waals surface area contributed by atoms with Crippen molar-refractivity contribution in [3.8, 4) is 5.75 Å². The Labute approximate surface area is 87.1 Å². The van der Waals surface area contributed by atoms with Gasteiger partial charge in [-0.05, 0) is 24.3 Å². The van der Waals surface area contributed by atoms with E-state index in [4.69, 9.17) is 9.84 Å². The summed E-state index contributed by atoms with van der Waals surface area (Å²) >= 11 is 0. The minimum atomic E-state index is -0.954. The zero-order valence-electron chi connectivity index (χ0n) is 8.30. The fourth-order valence-electron chi connectivity index (χ4n) is 0.971. The van der Waals surface area contributed by atoms with Crippen molar-refractivity contribution in [2.75, 3.05) is 20.3 Å². The molecule has 0 heterocycles. The molecule has 0 atom stereocenters. The van der Waals surface area contributed by atoms with E-state index in [0.29, 0.717) is 19.0 Å². The summed E-state index contributed by atoms with van der Waals surface area (Å²) in [7, 11) is 1.42. The number of hydrogen-bond donors (Lipinski definition) is 1. The van der Waals surface area contributed by atoms with Gasteiger partial charge in [0.2, 0.25) is 0 Å². The van der Waals surface area contributed by atoms with Crippen LogP contribution in [-0.4, -0.2) is 31.4 Å². The number of carbonyl (C=O) groups is 1. The first-order valence-electron chi connectivity index (χ1n) is 4.36. The van der Waals surface area contributed by atoms with Gasteiger partial charge in [0.1, 0.15) is 19.0 Å². The minimum Gasteiger partial charge on any atom is -0.491 e. The molecule has 0 aliphatic carbocycles. The molecule has 0 unspecified atom stereocenters. The largest absolute Gasteiger partial charge is 0.491 e. The Kier molecular flexibility index (Phi) is 4.59. The highest BCUT2D eigenvalue weighted by molar-refractivity contribution is 5.87. The number of carboxylic acid groups (broad SMARTS) is 1. The van der Waals surface area contributed by atoms with Crippen molar-refractivity contribution in [2.24, 2.45) is 0 Å². The summed E-state index contributed by atoms with van der Waals surface area (Å²) < 4.78 is 5.24. The van der Waals surface area contributed by atoms with E-state index in [2.05, 4.69) is 9.78 Å². The van der Waals surface area contributed by atoms with Crippen molar-refractivity contribution in [1.29, 1.82) is 0 Å². The van der Waals surface area contributed by atoms with E-state index in [9.17, 15) is 4.79 Å². The molecule has 0 bridgehead atoms. The van der Waals surface area contributed by atoms with E-state index in [1.165, 1.54) is 19.2 Å². The van der Waals surface area contributed by atoms with Crippen LogP contribution in [0.4, 0.5) is 0 Å². The van der Waals surface area contributed by atoms with E-state index < -0.39 is 5.97 Å². The van der Waals surface area contributed by atoms with Gasteiger partial charge in [0.15, 0.2) is 0 Å². The maximum absolute atomic E-state index is 10.5. The first kappa shape index (κ1) is 11.5. The number of rotatable bonds is 6. The third kappa shape index (κ3) is 3.97. The summed E-state index contributed by atoms with van der Waals surface area (Å²) in [6.07, 6.45) is 0. The molecule has 0 amide bonds. The number of hydrogen-bond acceptors (Lipinski definition) is 4. The fourth-order valence-corrected chi connectivity index (χ4v) is 0.971. The van der Waals surface area contributed by atoms with E-state index in [1.807, 2.05) is 0 Å². The molecule has 0 aliphatic heterocycles. The summed E-state index contributed by atoms with van der Waals surface area (Å²) in [5, 5.41) is 8.64. The van der Waals surface area contributed by atoms with Gasteiger partial charge in [-0.3, -0.25) is 0 Å². The predicted molar refractivity (Wildman–Crippen MR) is 51.9 cm³/mol. The quantitative estimate of drug-likeness (QED) is 0.438. The van der Waals surface area contributed by atoms with Gasteiger partial charge in [0.25, 0.3) is 0 Å². The molecule has 0 saturated heterocycles. The molecule has 15 heavy (non-hydrogen) atoms. The van der Waals surface area contributed by atoms with Crippen molar-refractivity contribution in [1.82, 2.24) is 0 Å². The van der Waals surface area contributed by atoms with Crippen LogP contribution in [0.15, 0.2) is 24.3 Å². The molecule has 1 aromatic rings. The van der Waals surface area contributed by atoms with Gasteiger partial charge in [-0.1, -0.05) is 0 Å². The van der Waals surface area contributed by atoms with Crippen LogP contribution in [0.3, 0.4) is 0 Å². The van der Waals surface area contributed by atoms with Gasteiger partial charge in [-0.25, -0.2) is 14.6 Å². The normalized spacial score (nSPS) is 9.93. The zero-order chi connectivity index (χ0) is 11.1. The Hall–Kier alpha value is -1.59. The molecule has 5 heteroatoms. The minimum absolute atomic E-state index is 0.232. The van der Waals surface area contributed by atoms with Crippen LogP contribution >= 0.6 is 0 Å². The lowest BCUT2D eigenvalue weighted by Gasteiger charge is -2.05. The molecule has 1 N–H and O–H groups in total. The third-order valence-electron chi connectivity index (χ3n) is 1.65. The molecule has 82 valence electrons. The predicted octanol–water partition coefficient (Wildman–Crippen LogP) is 1.34. The lowest BCUT2D eigenvalue weighted by Crippen LogP contribution is -2.06. The monoisotopic (exact) mass is 212 g/mol. The van der Waals surface area contributed by atoms with Crippen LogP contribution in [-0.2, 0) is 9.78 Å². The first-order valence-corrected chi connectivity index (χ1v) is 4.36. The van der Waals surface area contributed by atoms with Gasteiger partial charge in [0.05, 0.1) is 12.7 Å². The molecule has 0 fully saturated rings. The molecule has 0 aromatic heterocycles. The van der Waals surface area contributed by atoms with Gasteiger partial charge in [0, 0.05) is 0 Å². The number of benzene rings is 1. The van der Waals surface area contributed by atoms with Gasteiger partial charge in [-0.15, -0.1) is 0 Å². The summed E-state index contributed by atoms with van der Waals surface area (Å²) in [6, 6.07) is 6.15. The highest BCUT2D eigenvalue weighted by atomic mass is 17.2. The Balaban J connectivity index is 2.39. The highest BCUT2D eigenvalue weighted by Gasteiger charge is 2.01. The average Bonchev–Trinajstić information content (AvgIpc) is 2.25. The lowest BCUT2D eigenvalue weighted by atomic mass is 10.2. The third-order valence-corrected chi connectivity index (χ3v) is 1.65. The summed E-state index contributed by atoms with van der Waals surface area (Å²) in [6.45, 7) is 0.664. The number of aromatic carboxylic acids is 1. The Morgan fingerprint density at radius 3 is 2.47 bits per heavy atom. The van der Waals surface area contributed by atoms with Gasteiger partial charge < -0.3 is 9.84 Å². The average molecular weight is 212 g/mol. The molecule has 0 aliphatic rings. The van der Waals surface area contributed by atoms with Crippen LogP contribution in [0, 0.1) is 0 Å². The van der Waals surface area contributed by atoms with Crippen LogP contribution < -0.4 is 4.74 Å². The Bertz CT molecular complexity index is 306. The van der Waals surface area contributed by atoms with Gasteiger partial charge >= 0.3 is 5.97 Å². The maximum atomic E-state index is 10.5. The van der Waals surface area contributed by atoms with E-state index in [1.54, 1.807) is 12.1 Å². The highest BCUT2D eigenvalue weighted by Crippen LogP contribution is 2.11. The molecule has 1 rings (SSSR count). The number of carboxylic acids is 1. The van der Waals surface area contributed by atoms with Crippen molar-refractivity contribution in [2.45, 2.75) is 0 Å². The smallest absolute Gasteiger partial charge is 0.335 e. The lowest BCUT2D eigenvalue weighted by molar-refractivity contribution is -0.274. The molecular weight excluding hydrogens is 200 g/mol. The van der Waals surface area contributed by atoms with Crippen molar-refractivity contribution >= 4 is 5.97 Å². The molecule has 0 radical (unpaired) electrons. The maximum Gasteiger partial charge on any atom is 0.335 e. The van der Waals surface area contributed by atoms with Crippen LogP contribution in [0.1, 0.15) is 10.4 Å². The summed E-state index contributed by atoms with van der Waals surface area (Å²) in [4.78, 5) is 19.5. The second kappa shape index (κ2) is 6.00. The number of ether oxygens (including phenoxy) is 1. The van der Waals surface area contributed by atoms with E-state index >= 15 is 0 Å². The molecule has 5 nitrogen and oxygen atoms in total. The summed E-state index contributed by atoms with van der Waals surface area (Å²) in [5.74, 6) is -0.357. The van der Waals surface area contributed by atoms with E-state index in [-0.39, 0.29) is 5.56 Å². The second-order valence-electron chi connectivity index (χ2n) is 2.67. The van der Waals surface area contributed by atoms with Crippen LogP contribution in [0.5, 0.6) is 5.75 Å². The fraction of sp³-hybridized carbons (Fsp3) is 0.300. The summed E-state index contributed by atoms with van der Waals surface area (Å²) in [5.41, 5.74) is 0.232. The van der Waals surface area contributed by atoms with Gasteiger partial charge in [-0.2, -0.15) is 0 Å². The van der Waals surface area contributed by atoms with Crippen molar-refractivity contribution in [3.63, 3.8) is 0 Å². The first-order chi connectivity index (χ1) is 7.24. The standard InChI is InChI=1S/C10H12O5/c1-13-15-7-6-14-9-4-2-8(3-5-9)10(11)12/h2-5H,6-7H2,1H3,(H,11,12). The Morgan fingerprint density at radius 1 is 1.27 bits per heavy atom. The van der Waals surface area contributed by atoms with Crippen molar-refractivity contribution in [3.05, 3.63) is 29.8 Å². The van der Waals surface area contributed by atoms with Crippen molar-refractivity contribution < 1.29 is 24.4 Å². The van der Waals surface area contributed by atoms with Crippen LogP contribution in [0.25, 0.3) is 0 Å². The Morgan fingerprint density at radius 2 is 1.93 bits per heavy atom. The topological polar surface area (TPSA) is 65.0 Å². The molecule has 0 spiro atoms. The SMILES string of the molecule is COOCCOc1ccc(C(=O)O)cc1. The molecule has 1 aromatic carbocycles. The molecule has 0 saturated carbocycles.